The molecule has 34 heavy (non-hydrogen) atoms. The number of rotatable bonds is 0. The van der Waals surface area contributed by atoms with Crippen molar-refractivity contribution in [3.8, 4) is 49.4 Å². The van der Waals surface area contributed by atoms with E-state index < -0.39 is 0 Å². The van der Waals surface area contributed by atoms with Crippen LogP contribution in [-0.2, 0) is 0 Å². The molecule has 0 unspecified atom stereocenters. The zero-order chi connectivity index (χ0) is 25.3. The Balaban J connectivity index is 0.000000416. The minimum Gasteiger partial charge on any atom is -0.115 e. The quantitative estimate of drug-likeness (QED) is 0.198. The summed E-state index contributed by atoms with van der Waals surface area (Å²) in [7, 11) is 0. The minimum atomic E-state index is 0.938. The summed E-state index contributed by atoms with van der Waals surface area (Å²) in [5.41, 5.74) is 3.75. The summed E-state index contributed by atoms with van der Waals surface area (Å²) in [4.78, 5) is 0. The van der Waals surface area contributed by atoms with Gasteiger partial charge in [-0.2, -0.15) is 0 Å². The SMILES string of the molecule is C#Cc1ccccc1.C#Cc1ccccc1.C#Cc1ccccc1.C#Cc1ccccc1.C=C. The van der Waals surface area contributed by atoms with Gasteiger partial charge in [0, 0.05) is 22.3 Å². The maximum absolute atomic E-state index is 5.10. The van der Waals surface area contributed by atoms with E-state index in [0.29, 0.717) is 0 Å². The Bertz CT molecular complexity index is 978. The molecular formula is C34H28. The summed E-state index contributed by atoms with van der Waals surface area (Å²) in [5.74, 6) is 10.1. The fourth-order valence-electron chi connectivity index (χ4n) is 2.14. The van der Waals surface area contributed by atoms with Crippen molar-refractivity contribution in [1.29, 1.82) is 0 Å². The summed E-state index contributed by atoms with van der Waals surface area (Å²) in [6.45, 7) is 6.00. The fourth-order valence-corrected chi connectivity index (χ4v) is 2.14. The van der Waals surface area contributed by atoms with Gasteiger partial charge in [-0.1, -0.05) is 96.5 Å². The predicted octanol–water partition coefficient (Wildman–Crippen LogP) is 7.47. The third-order valence-corrected chi connectivity index (χ3v) is 3.76. The molecule has 0 aromatic heterocycles. The van der Waals surface area contributed by atoms with E-state index in [1.54, 1.807) is 0 Å². The first-order chi connectivity index (χ1) is 16.7. The van der Waals surface area contributed by atoms with Gasteiger partial charge >= 0.3 is 0 Å². The normalized spacial score (nSPS) is 7.53. The van der Waals surface area contributed by atoms with Crippen molar-refractivity contribution in [2.45, 2.75) is 0 Å². The molecule has 0 aliphatic heterocycles. The van der Waals surface area contributed by atoms with Crippen molar-refractivity contribution < 1.29 is 0 Å². The van der Waals surface area contributed by atoms with Crippen LogP contribution in [0.1, 0.15) is 22.3 Å². The van der Waals surface area contributed by atoms with Gasteiger partial charge in [0.25, 0.3) is 0 Å². The molecule has 0 nitrogen and oxygen atoms in total. The van der Waals surface area contributed by atoms with Crippen LogP contribution in [0.3, 0.4) is 0 Å². The molecule has 0 radical (unpaired) electrons. The molecule has 164 valence electrons. The monoisotopic (exact) mass is 436 g/mol. The number of benzene rings is 4. The maximum atomic E-state index is 5.10. The van der Waals surface area contributed by atoms with E-state index in [-0.39, 0.29) is 0 Å². The zero-order valence-corrected chi connectivity index (χ0v) is 19.3. The van der Waals surface area contributed by atoms with Gasteiger partial charge in [0.15, 0.2) is 0 Å². The van der Waals surface area contributed by atoms with Gasteiger partial charge < -0.3 is 0 Å². The molecule has 0 fully saturated rings. The zero-order valence-electron chi connectivity index (χ0n) is 19.3. The molecule has 0 heterocycles. The molecule has 0 N–H and O–H groups in total. The summed E-state index contributed by atoms with van der Waals surface area (Å²) in [6, 6.07) is 38.4. The average Bonchev–Trinajstić information content (AvgIpc) is 2.97. The van der Waals surface area contributed by atoms with Crippen LogP contribution in [0.5, 0.6) is 0 Å². The molecule has 4 rings (SSSR count). The lowest BCUT2D eigenvalue weighted by Crippen LogP contribution is -1.66. The molecule has 0 atom stereocenters. The van der Waals surface area contributed by atoms with Crippen molar-refractivity contribution >= 4 is 0 Å². The van der Waals surface area contributed by atoms with Gasteiger partial charge in [0.1, 0.15) is 0 Å². The summed E-state index contributed by atoms with van der Waals surface area (Å²) >= 11 is 0. The first-order valence-electron chi connectivity index (χ1n) is 10.3. The van der Waals surface area contributed by atoms with Crippen LogP contribution in [0.4, 0.5) is 0 Å². The van der Waals surface area contributed by atoms with Crippen molar-refractivity contribution in [3.63, 3.8) is 0 Å². The van der Waals surface area contributed by atoms with E-state index in [1.807, 2.05) is 121 Å². The second-order valence-electron chi connectivity index (χ2n) is 6.04. The van der Waals surface area contributed by atoms with Crippen molar-refractivity contribution in [1.82, 2.24) is 0 Å². The van der Waals surface area contributed by atoms with Gasteiger partial charge in [-0.3, -0.25) is 0 Å². The van der Waals surface area contributed by atoms with Crippen LogP contribution in [0.15, 0.2) is 134 Å². The largest absolute Gasteiger partial charge is 0.115 e. The lowest BCUT2D eigenvalue weighted by Gasteiger charge is -1.82. The third kappa shape index (κ3) is 14.8. The van der Waals surface area contributed by atoms with Crippen LogP contribution in [-0.4, -0.2) is 0 Å². The standard InChI is InChI=1S/4C8H6.C2H4/c4*1-2-8-6-4-3-5-7-8;1-2/h4*1,3-7H;1-2H2. The van der Waals surface area contributed by atoms with Crippen LogP contribution in [0, 0.1) is 49.4 Å². The van der Waals surface area contributed by atoms with Gasteiger partial charge in [-0.05, 0) is 48.5 Å². The van der Waals surface area contributed by atoms with Crippen molar-refractivity contribution in [2.75, 3.05) is 0 Å². The van der Waals surface area contributed by atoms with Crippen LogP contribution in [0.25, 0.3) is 0 Å². The fraction of sp³-hybridized carbons (Fsp3) is 0. The van der Waals surface area contributed by atoms with E-state index in [0.717, 1.165) is 22.3 Å². The van der Waals surface area contributed by atoms with Gasteiger partial charge in [0.05, 0.1) is 0 Å². The van der Waals surface area contributed by atoms with Gasteiger partial charge in [-0.15, -0.1) is 38.9 Å². The molecule has 4 aromatic carbocycles. The Morgan fingerprint density at radius 1 is 0.324 bits per heavy atom. The van der Waals surface area contributed by atoms with E-state index in [4.69, 9.17) is 25.7 Å². The molecular weight excluding hydrogens is 408 g/mol. The van der Waals surface area contributed by atoms with E-state index in [1.165, 1.54) is 0 Å². The van der Waals surface area contributed by atoms with Crippen LogP contribution in [0.2, 0.25) is 0 Å². The molecule has 0 spiro atoms. The minimum absolute atomic E-state index is 0.938. The summed E-state index contributed by atoms with van der Waals surface area (Å²) in [6.07, 6.45) is 20.4. The van der Waals surface area contributed by atoms with Gasteiger partial charge in [0.2, 0.25) is 0 Å². The predicted molar refractivity (Wildman–Crippen MR) is 149 cm³/mol. The van der Waals surface area contributed by atoms with Crippen molar-refractivity contribution in [3.05, 3.63) is 157 Å². The Morgan fingerprint density at radius 2 is 0.471 bits per heavy atom. The van der Waals surface area contributed by atoms with Crippen molar-refractivity contribution in [2.24, 2.45) is 0 Å². The second kappa shape index (κ2) is 21.1. The summed E-state index contributed by atoms with van der Waals surface area (Å²) in [5, 5.41) is 0. The molecule has 0 bridgehead atoms. The Labute approximate surface area is 206 Å². The molecule has 0 saturated carbocycles. The first-order valence-corrected chi connectivity index (χ1v) is 10.3. The number of hydrogen-bond donors (Lipinski definition) is 0. The van der Waals surface area contributed by atoms with Crippen LogP contribution < -0.4 is 0 Å². The Hall–Kier alpha value is -5.14. The van der Waals surface area contributed by atoms with Crippen LogP contribution >= 0.6 is 0 Å². The van der Waals surface area contributed by atoms with E-state index in [9.17, 15) is 0 Å². The van der Waals surface area contributed by atoms with E-state index >= 15 is 0 Å². The summed E-state index contributed by atoms with van der Waals surface area (Å²) < 4.78 is 0. The molecule has 0 aliphatic carbocycles. The molecule has 4 aromatic rings. The maximum Gasteiger partial charge on any atom is 0.0242 e. The first kappa shape index (κ1) is 28.9. The molecule has 0 saturated heterocycles. The van der Waals surface area contributed by atoms with E-state index in [2.05, 4.69) is 36.8 Å². The second-order valence-corrected chi connectivity index (χ2v) is 6.04. The highest BCUT2D eigenvalue weighted by molar-refractivity contribution is 5.32. The highest BCUT2D eigenvalue weighted by Crippen LogP contribution is 1.95. The highest BCUT2D eigenvalue weighted by Gasteiger charge is 1.78. The number of terminal acetylenes is 4. The Morgan fingerprint density at radius 3 is 0.559 bits per heavy atom. The third-order valence-electron chi connectivity index (χ3n) is 3.76. The smallest absolute Gasteiger partial charge is 0.0242 e. The molecule has 0 heteroatoms. The molecule has 0 aliphatic rings. The Kier molecular flexibility index (Phi) is 17.9. The van der Waals surface area contributed by atoms with Gasteiger partial charge in [-0.25, -0.2) is 0 Å². The lowest BCUT2D eigenvalue weighted by molar-refractivity contribution is 1.65. The number of hydrogen-bond acceptors (Lipinski definition) is 0. The average molecular weight is 437 g/mol. The highest BCUT2D eigenvalue weighted by atomic mass is 13.8. The molecule has 0 amide bonds. The topological polar surface area (TPSA) is 0 Å². The lowest BCUT2D eigenvalue weighted by atomic mass is 10.2.